The summed E-state index contributed by atoms with van der Waals surface area (Å²) in [6.07, 6.45) is 3.21. The van der Waals surface area contributed by atoms with Crippen LogP contribution in [0.3, 0.4) is 0 Å². The molecule has 0 radical (unpaired) electrons. The Balaban J connectivity index is 1.19. The lowest BCUT2D eigenvalue weighted by molar-refractivity contribution is -0.208. The molecule has 3 aromatic rings. The molecule has 8 heteroatoms. The molecule has 4 nitrogen and oxygen atoms in total. The topological polar surface area (TPSA) is 51.5 Å². The Morgan fingerprint density at radius 2 is 1.57 bits per heavy atom. The number of ether oxygens (including phenoxy) is 3. The molecule has 0 N–H and O–H groups in total. The molecule has 0 aromatic heterocycles. The Kier molecular flexibility index (Phi) is 7.36. The predicted molar refractivity (Wildman–Crippen MR) is 129 cm³/mol. The number of fused-ring (bicyclic) bond motifs is 1. The normalized spacial score (nSPS) is 24.1. The molecular formula is C29H27F4NO3. The van der Waals surface area contributed by atoms with Gasteiger partial charge in [0.1, 0.15) is 17.4 Å². The van der Waals surface area contributed by atoms with Crippen LogP contribution in [0.5, 0.6) is 5.75 Å². The van der Waals surface area contributed by atoms with E-state index in [1.807, 2.05) is 0 Å². The maximum atomic E-state index is 14.7. The van der Waals surface area contributed by atoms with Crippen LogP contribution in [0.2, 0.25) is 0 Å². The molecule has 194 valence electrons. The lowest BCUT2D eigenvalue weighted by atomic mass is 9.79. The van der Waals surface area contributed by atoms with Crippen LogP contribution in [0.25, 0.3) is 10.8 Å². The zero-order chi connectivity index (χ0) is 26.1. The monoisotopic (exact) mass is 513 g/mol. The number of halogens is 4. The van der Waals surface area contributed by atoms with Crippen LogP contribution in [0, 0.1) is 46.4 Å². The second kappa shape index (κ2) is 10.7. The van der Waals surface area contributed by atoms with Gasteiger partial charge in [-0.2, -0.15) is 5.26 Å². The van der Waals surface area contributed by atoms with Gasteiger partial charge in [-0.15, -0.1) is 0 Å². The largest absolute Gasteiger partial charge is 0.487 e. The van der Waals surface area contributed by atoms with Crippen molar-refractivity contribution in [2.75, 3.05) is 19.8 Å². The van der Waals surface area contributed by atoms with E-state index in [0.29, 0.717) is 17.0 Å². The summed E-state index contributed by atoms with van der Waals surface area (Å²) >= 11 is 0. The van der Waals surface area contributed by atoms with Gasteiger partial charge >= 0.3 is 0 Å². The summed E-state index contributed by atoms with van der Waals surface area (Å²) in [5.74, 6) is -3.10. The Bertz CT molecular complexity index is 1320. The lowest BCUT2D eigenvalue weighted by Gasteiger charge is -2.30. The molecule has 37 heavy (non-hydrogen) atoms. The van der Waals surface area contributed by atoms with Crippen molar-refractivity contribution in [3.8, 4) is 11.8 Å². The van der Waals surface area contributed by atoms with E-state index in [9.17, 15) is 17.6 Å². The zero-order valence-electron chi connectivity index (χ0n) is 20.4. The van der Waals surface area contributed by atoms with E-state index in [-0.39, 0.29) is 42.4 Å². The van der Waals surface area contributed by atoms with E-state index in [0.717, 1.165) is 31.7 Å². The van der Waals surface area contributed by atoms with E-state index in [1.165, 1.54) is 24.3 Å². The van der Waals surface area contributed by atoms with E-state index < -0.39 is 40.9 Å². The van der Waals surface area contributed by atoms with Gasteiger partial charge in [0.2, 0.25) is 0 Å². The highest BCUT2D eigenvalue weighted by atomic mass is 19.1. The van der Waals surface area contributed by atoms with E-state index in [1.54, 1.807) is 12.1 Å². The number of nitrogens with zero attached hydrogens (tertiary/aromatic N) is 1. The Morgan fingerprint density at radius 1 is 0.892 bits per heavy atom. The summed E-state index contributed by atoms with van der Waals surface area (Å²) in [4.78, 5) is 0. The maximum Gasteiger partial charge on any atom is 0.190 e. The molecule has 5 rings (SSSR count). The van der Waals surface area contributed by atoms with Gasteiger partial charge in [0.25, 0.3) is 0 Å². The highest BCUT2D eigenvalue weighted by molar-refractivity contribution is 5.85. The van der Waals surface area contributed by atoms with Crippen molar-refractivity contribution in [2.45, 2.75) is 44.8 Å². The van der Waals surface area contributed by atoms with Crippen LogP contribution in [0.1, 0.15) is 61.5 Å². The van der Waals surface area contributed by atoms with Gasteiger partial charge < -0.3 is 14.2 Å². The summed E-state index contributed by atoms with van der Waals surface area (Å²) in [5, 5.41) is 9.34. The smallest absolute Gasteiger partial charge is 0.190 e. The minimum Gasteiger partial charge on any atom is -0.487 e. The minimum atomic E-state index is -0.937. The Morgan fingerprint density at radius 3 is 2.22 bits per heavy atom. The molecule has 0 spiro atoms. The van der Waals surface area contributed by atoms with Crippen LogP contribution in [0.4, 0.5) is 17.6 Å². The summed E-state index contributed by atoms with van der Waals surface area (Å²) in [6.45, 7) is 2.62. The molecule has 0 amide bonds. The minimum absolute atomic E-state index is 0.00588. The van der Waals surface area contributed by atoms with Crippen molar-refractivity contribution in [1.29, 1.82) is 5.26 Å². The van der Waals surface area contributed by atoms with Gasteiger partial charge in [-0.3, -0.25) is 0 Å². The number of nitriles is 1. The lowest BCUT2D eigenvalue weighted by Crippen LogP contribution is -2.31. The molecule has 1 aliphatic carbocycles. The van der Waals surface area contributed by atoms with Gasteiger partial charge in [0, 0.05) is 16.9 Å². The van der Waals surface area contributed by atoms with Gasteiger partial charge in [-0.05, 0) is 59.9 Å². The number of benzene rings is 3. The molecule has 2 aliphatic rings. The fraction of sp³-hybridized carbons (Fsp3) is 0.414. The fourth-order valence-corrected chi connectivity index (χ4v) is 5.18. The summed E-state index contributed by atoms with van der Waals surface area (Å²) in [5.41, 5.74) is 0.611. The quantitative estimate of drug-likeness (QED) is 0.336. The third kappa shape index (κ3) is 5.29. The second-order valence-corrected chi connectivity index (χ2v) is 10.1. The molecule has 1 saturated heterocycles. The molecule has 1 aliphatic heterocycles. The molecule has 1 saturated carbocycles. The van der Waals surface area contributed by atoms with Crippen molar-refractivity contribution in [1.82, 2.24) is 0 Å². The van der Waals surface area contributed by atoms with Crippen molar-refractivity contribution in [2.24, 2.45) is 11.8 Å². The van der Waals surface area contributed by atoms with Crippen molar-refractivity contribution in [3.05, 3.63) is 76.4 Å². The number of rotatable bonds is 5. The standard InChI is InChI=1S/C29H27F4NO3/c1-16-2-4-18(5-3-16)20-9-25(31)28(26(32)10-20)35-13-17-14-36-29(37-15-17)19-6-7-22-21(8-19)11-24(30)23(12-34)27(22)33/h6-11,16-18,29H,2-5,13-15H2,1H3. The predicted octanol–water partition coefficient (Wildman–Crippen LogP) is 7.30. The van der Waals surface area contributed by atoms with Gasteiger partial charge in [0.15, 0.2) is 29.5 Å². The highest BCUT2D eigenvalue weighted by Crippen LogP contribution is 2.38. The SMILES string of the molecule is CC1CCC(c2cc(F)c(OCC3COC(c4ccc5c(F)c(C#N)c(F)cc5c4)OC3)c(F)c2)CC1. The van der Waals surface area contributed by atoms with Gasteiger partial charge in [0.05, 0.1) is 19.8 Å². The summed E-state index contributed by atoms with van der Waals surface area (Å²) < 4.78 is 74.8. The first-order valence-corrected chi connectivity index (χ1v) is 12.5. The van der Waals surface area contributed by atoms with Crippen LogP contribution >= 0.6 is 0 Å². The van der Waals surface area contributed by atoms with Crippen LogP contribution in [0.15, 0.2) is 36.4 Å². The van der Waals surface area contributed by atoms with Crippen LogP contribution in [-0.2, 0) is 9.47 Å². The fourth-order valence-electron chi connectivity index (χ4n) is 5.18. The average molecular weight is 514 g/mol. The van der Waals surface area contributed by atoms with Crippen molar-refractivity contribution >= 4 is 10.8 Å². The molecule has 3 aromatic carbocycles. The van der Waals surface area contributed by atoms with Gasteiger partial charge in [-0.25, -0.2) is 17.6 Å². The van der Waals surface area contributed by atoms with Crippen LogP contribution in [-0.4, -0.2) is 19.8 Å². The first kappa shape index (κ1) is 25.5. The number of hydrogen-bond acceptors (Lipinski definition) is 4. The van der Waals surface area contributed by atoms with E-state index >= 15 is 0 Å². The third-order valence-electron chi connectivity index (χ3n) is 7.37. The Labute approximate surface area is 212 Å². The van der Waals surface area contributed by atoms with Crippen LogP contribution < -0.4 is 4.74 Å². The summed E-state index contributed by atoms with van der Waals surface area (Å²) in [7, 11) is 0. The van der Waals surface area contributed by atoms with E-state index in [4.69, 9.17) is 19.5 Å². The second-order valence-electron chi connectivity index (χ2n) is 10.1. The number of hydrogen-bond donors (Lipinski definition) is 0. The molecule has 0 atom stereocenters. The molecule has 1 heterocycles. The maximum absolute atomic E-state index is 14.7. The van der Waals surface area contributed by atoms with E-state index in [2.05, 4.69) is 6.92 Å². The molecule has 0 bridgehead atoms. The zero-order valence-corrected chi connectivity index (χ0v) is 20.4. The average Bonchev–Trinajstić information content (AvgIpc) is 2.89. The summed E-state index contributed by atoms with van der Waals surface area (Å²) in [6, 6.07) is 9.98. The first-order valence-electron chi connectivity index (χ1n) is 12.5. The molecular weight excluding hydrogens is 486 g/mol. The molecule has 0 unspecified atom stereocenters. The first-order chi connectivity index (χ1) is 17.8. The molecule has 2 fully saturated rings. The van der Waals surface area contributed by atoms with Gasteiger partial charge in [-0.1, -0.05) is 31.9 Å². The Hall–Kier alpha value is -3.15. The van der Waals surface area contributed by atoms with Crippen molar-refractivity contribution < 1.29 is 31.8 Å². The highest BCUT2D eigenvalue weighted by Gasteiger charge is 2.27. The van der Waals surface area contributed by atoms with Crippen molar-refractivity contribution in [3.63, 3.8) is 0 Å². The third-order valence-corrected chi connectivity index (χ3v) is 7.37.